The summed E-state index contributed by atoms with van der Waals surface area (Å²) in [7, 11) is 0. The smallest absolute Gasteiger partial charge is 0.155 e. The van der Waals surface area contributed by atoms with E-state index in [2.05, 4.69) is 10.5 Å². The second-order valence-electron chi connectivity index (χ2n) is 4.78. The van der Waals surface area contributed by atoms with Crippen molar-refractivity contribution in [1.82, 2.24) is 5.32 Å². The zero-order chi connectivity index (χ0) is 11.7. The molecule has 0 bridgehead atoms. The summed E-state index contributed by atoms with van der Waals surface area (Å²) in [5, 5.41) is 7.46. The Kier molecular flexibility index (Phi) is 2.59. The van der Waals surface area contributed by atoms with E-state index in [0.717, 1.165) is 43.6 Å². The summed E-state index contributed by atoms with van der Waals surface area (Å²) in [6.07, 6.45) is 2.89. The molecule has 1 aromatic rings. The van der Waals surface area contributed by atoms with Crippen molar-refractivity contribution >= 4 is 5.71 Å². The fourth-order valence-electron chi connectivity index (χ4n) is 2.51. The van der Waals surface area contributed by atoms with Crippen molar-refractivity contribution in [1.29, 1.82) is 0 Å². The largest absolute Gasteiger partial charge is 0.387 e. The third-order valence-corrected chi connectivity index (χ3v) is 3.43. The Morgan fingerprint density at radius 2 is 2.35 bits per heavy atom. The van der Waals surface area contributed by atoms with Gasteiger partial charge in [0.2, 0.25) is 0 Å². The molecule has 90 valence electrons. The van der Waals surface area contributed by atoms with Gasteiger partial charge in [-0.3, -0.25) is 0 Å². The molecular formula is C13H15FN2O. The second-order valence-corrected chi connectivity index (χ2v) is 4.78. The van der Waals surface area contributed by atoms with Gasteiger partial charge in [-0.05, 0) is 31.5 Å². The SMILES string of the molecule is Fc1cccc(C2=NOC3(CCCNC3)C2)c1. The molecule has 4 heteroatoms. The second kappa shape index (κ2) is 4.11. The van der Waals surface area contributed by atoms with Gasteiger partial charge in [0.1, 0.15) is 5.82 Å². The van der Waals surface area contributed by atoms with Crippen molar-refractivity contribution in [3.8, 4) is 0 Å². The molecule has 0 radical (unpaired) electrons. The van der Waals surface area contributed by atoms with E-state index >= 15 is 0 Å². The summed E-state index contributed by atoms with van der Waals surface area (Å²) in [5.41, 5.74) is 1.49. The molecule has 1 aromatic carbocycles. The minimum atomic E-state index is -0.229. The van der Waals surface area contributed by atoms with E-state index in [1.54, 1.807) is 6.07 Å². The van der Waals surface area contributed by atoms with Gasteiger partial charge in [-0.1, -0.05) is 17.3 Å². The van der Waals surface area contributed by atoms with Crippen LogP contribution in [0.25, 0.3) is 0 Å². The van der Waals surface area contributed by atoms with Gasteiger partial charge in [-0.2, -0.15) is 0 Å². The lowest BCUT2D eigenvalue weighted by Gasteiger charge is -2.31. The van der Waals surface area contributed by atoms with Gasteiger partial charge in [-0.15, -0.1) is 0 Å². The minimum Gasteiger partial charge on any atom is -0.387 e. The molecule has 0 aliphatic carbocycles. The van der Waals surface area contributed by atoms with Gasteiger partial charge < -0.3 is 10.2 Å². The van der Waals surface area contributed by atoms with Crippen LogP contribution in [0.5, 0.6) is 0 Å². The summed E-state index contributed by atoms with van der Waals surface area (Å²) in [6, 6.07) is 6.53. The summed E-state index contributed by atoms with van der Waals surface area (Å²) in [4.78, 5) is 5.59. The number of piperidine rings is 1. The monoisotopic (exact) mass is 234 g/mol. The van der Waals surface area contributed by atoms with Crippen LogP contribution in [0.4, 0.5) is 4.39 Å². The summed E-state index contributed by atoms with van der Waals surface area (Å²) < 4.78 is 13.1. The van der Waals surface area contributed by atoms with E-state index in [4.69, 9.17) is 4.84 Å². The van der Waals surface area contributed by atoms with Gasteiger partial charge in [0, 0.05) is 18.5 Å². The van der Waals surface area contributed by atoms with Crippen molar-refractivity contribution in [2.75, 3.05) is 13.1 Å². The van der Waals surface area contributed by atoms with Crippen LogP contribution >= 0.6 is 0 Å². The van der Waals surface area contributed by atoms with Gasteiger partial charge >= 0.3 is 0 Å². The van der Waals surface area contributed by atoms with Crippen molar-refractivity contribution in [2.45, 2.75) is 24.9 Å². The van der Waals surface area contributed by atoms with E-state index in [1.807, 2.05) is 6.07 Å². The molecule has 1 spiro atoms. The van der Waals surface area contributed by atoms with Crippen molar-refractivity contribution in [3.63, 3.8) is 0 Å². The quantitative estimate of drug-likeness (QED) is 0.807. The van der Waals surface area contributed by atoms with Gasteiger partial charge in [0.25, 0.3) is 0 Å². The fraction of sp³-hybridized carbons (Fsp3) is 0.462. The van der Waals surface area contributed by atoms with Crippen molar-refractivity contribution in [2.24, 2.45) is 5.16 Å². The van der Waals surface area contributed by atoms with E-state index in [9.17, 15) is 4.39 Å². The Hall–Kier alpha value is -1.42. The normalized spacial score (nSPS) is 27.9. The molecule has 0 amide bonds. The molecule has 1 N–H and O–H groups in total. The van der Waals surface area contributed by atoms with E-state index in [1.165, 1.54) is 12.1 Å². The van der Waals surface area contributed by atoms with Crippen molar-refractivity contribution in [3.05, 3.63) is 35.6 Å². The molecule has 1 fully saturated rings. The van der Waals surface area contributed by atoms with Crippen LogP contribution in [0.15, 0.2) is 29.4 Å². The molecule has 1 saturated heterocycles. The number of oxime groups is 1. The molecular weight excluding hydrogens is 219 g/mol. The zero-order valence-electron chi connectivity index (χ0n) is 9.58. The predicted molar refractivity (Wildman–Crippen MR) is 63.5 cm³/mol. The first kappa shape index (κ1) is 10.7. The number of benzene rings is 1. The Morgan fingerprint density at radius 3 is 3.12 bits per heavy atom. The molecule has 17 heavy (non-hydrogen) atoms. The highest BCUT2D eigenvalue weighted by Gasteiger charge is 2.40. The maximum atomic E-state index is 13.1. The molecule has 1 unspecified atom stereocenters. The van der Waals surface area contributed by atoms with Crippen LogP contribution in [0.3, 0.4) is 0 Å². The lowest BCUT2D eigenvalue weighted by atomic mass is 9.88. The van der Waals surface area contributed by atoms with Crippen LogP contribution in [0, 0.1) is 5.82 Å². The maximum absolute atomic E-state index is 13.1. The number of nitrogens with zero attached hydrogens (tertiary/aromatic N) is 1. The third kappa shape index (κ3) is 2.05. The highest BCUT2D eigenvalue weighted by Crippen LogP contribution is 2.32. The highest BCUT2D eigenvalue weighted by molar-refractivity contribution is 6.01. The lowest BCUT2D eigenvalue weighted by Crippen LogP contribution is -2.45. The molecule has 2 aliphatic rings. The van der Waals surface area contributed by atoms with Gasteiger partial charge in [-0.25, -0.2) is 4.39 Å². The average molecular weight is 234 g/mol. The highest BCUT2D eigenvalue weighted by atomic mass is 19.1. The average Bonchev–Trinajstić information content (AvgIpc) is 2.74. The molecule has 1 atom stereocenters. The van der Waals surface area contributed by atoms with Gasteiger partial charge in [0.05, 0.1) is 5.71 Å². The molecule has 3 nitrogen and oxygen atoms in total. The Labute approximate surface area is 99.7 Å². The minimum absolute atomic E-state index is 0.195. The van der Waals surface area contributed by atoms with E-state index in [0.29, 0.717) is 0 Å². The number of nitrogens with one attached hydrogen (secondary N) is 1. The molecule has 2 heterocycles. The molecule has 3 rings (SSSR count). The molecule has 2 aliphatic heterocycles. The third-order valence-electron chi connectivity index (χ3n) is 3.43. The Balaban J connectivity index is 1.79. The van der Waals surface area contributed by atoms with Gasteiger partial charge in [0.15, 0.2) is 5.60 Å². The van der Waals surface area contributed by atoms with E-state index in [-0.39, 0.29) is 11.4 Å². The first-order valence-electron chi connectivity index (χ1n) is 5.99. The number of rotatable bonds is 1. The molecule has 0 saturated carbocycles. The first-order chi connectivity index (χ1) is 8.27. The summed E-state index contributed by atoms with van der Waals surface area (Å²) in [5.74, 6) is -0.229. The topological polar surface area (TPSA) is 33.6 Å². The van der Waals surface area contributed by atoms with Crippen LogP contribution in [0.1, 0.15) is 24.8 Å². The van der Waals surface area contributed by atoms with Crippen molar-refractivity contribution < 1.29 is 9.23 Å². The fourth-order valence-corrected chi connectivity index (χ4v) is 2.51. The standard InChI is InChI=1S/C13H15FN2O/c14-11-4-1-3-10(7-11)12-8-13(17-16-12)5-2-6-15-9-13/h1,3-4,7,15H,2,5-6,8-9H2. The summed E-state index contributed by atoms with van der Waals surface area (Å²) >= 11 is 0. The number of hydrogen-bond acceptors (Lipinski definition) is 3. The Morgan fingerprint density at radius 1 is 1.41 bits per heavy atom. The number of hydrogen-bond donors (Lipinski definition) is 1. The van der Waals surface area contributed by atoms with Crippen LogP contribution < -0.4 is 5.32 Å². The first-order valence-corrected chi connectivity index (χ1v) is 5.99. The van der Waals surface area contributed by atoms with Crippen LogP contribution in [-0.2, 0) is 4.84 Å². The zero-order valence-corrected chi connectivity index (χ0v) is 9.58. The maximum Gasteiger partial charge on any atom is 0.155 e. The Bertz CT molecular complexity index is 452. The molecule has 0 aromatic heterocycles. The number of halogens is 1. The summed E-state index contributed by atoms with van der Waals surface area (Å²) in [6.45, 7) is 1.87. The predicted octanol–water partition coefficient (Wildman–Crippen LogP) is 2.07. The lowest BCUT2D eigenvalue weighted by molar-refractivity contribution is -0.0347. The van der Waals surface area contributed by atoms with E-state index < -0.39 is 0 Å². The van der Waals surface area contributed by atoms with Crippen LogP contribution in [0.2, 0.25) is 0 Å². The van der Waals surface area contributed by atoms with Crippen LogP contribution in [-0.4, -0.2) is 24.4 Å².